The number of aromatic amines is 1. The normalized spacial score (nSPS) is 16.2. The van der Waals surface area contributed by atoms with Crippen LogP contribution in [0.5, 0.6) is 6.01 Å². The number of likely N-dealkylation sites (N-methyl/N-ethyl adjacent to an activating group) is 1. The number of carbonyl (C=O) groups excluding carboxylic acids is 1. The lowest BCUT2D eigenvalue weighted by Gasteiger charge is -2.17. The molecular formula is C26H31N7O2. The zero-order valence-electron chi connectivity index (χ0n) is 20.3. The van der Waals surface area contributed by atoms with E-state index in [9.17, 15) is 4.79 Å². The number of likely N-dealkylation sites (tertiary alicyclic amines) is 1. The third-order valence-corrected chi connectivity index (χ3v) is 6.77. The maximum Gasteiger partial charge on any atom is 0.331 e. The van der Waals surface area contributed by atoms with E-state index in [0.717, 1.165) is 72.9 Å². The summed E-state index contributed by atoms with van der Waals surface area (Å²) in [5.74, 6) is 0.288. The molecule has 0 unspecified atom stereocenters. The van der Waals surface area contributed by atoms with E-state index in [-0.39, 0.29) is 12.0 Å². The number of H-pyrrole nitrogens is 1. The van der Waals surface area contributed by atoms with Crippen LogP contribution in [0.4, 0.5) is 0 Å². The van der Waals surface area contributed by atoms with Crippen LogP contribution >= 0.6 is 0 Å². The Labute approximate surface area is 204 Å². The van der Waals surface area contributed by atoms with Crippen molar-refractivity contribution in [1.82, 2.24) is 35.1 Å². The van der Waals surface area contributed by atoms with Gasteiger partial charge in [0, 0.05) is 17.7 Å². The number of rotatable bonds is 9. The van der Waals surface area contributed by atoms with Crippen molar-refractivity contribution in [3.05, 3.63) is 42.5 Å². The van der Waals surface area contributed by atoms with Gasteiger partial charge in [0.15, 0.2) is 0 Å². The van der Waals surface area contributed by atoms with Gasteiger partial charge in [-0.3, -0.25) is 9.47 Å². The van der Waals surface area contributed by atoms with Crippen LogP contribution in [0.25, 0.3) is 33.5 Å². The van der Waals surface area contributed by atoms with Gasteiger partial charge in [0.05, 0.1) is 5.52 Å². The molecule has 1 atom stereocenters. The summed E-state index contributed by atoms with van der Waals surface area (Å²) >= 11 is 0. The Morgan fingerprint density at radius 2 is 1.91 bits per heavy atom. The van der Waals surface area contributed by atoms with E-state index in [1.807, 2.05) is 49.5 Å². The number of benzene rings is 2. The van der Waals surface area contributed by atoms with Gasteiger partial charge in [-0.25, -0.2) is 4.79 Å². The van der Waals surface area contributed by atoms with Crippen LogP contribution in [0.1, 0.15) is 45.4 Å². The molecule has 1 N–H and O–H groups in total. The third-order valence-electron chi connectivity index (χ3n) is 6.77. The number of aromatic nitrogens is 6. The highest BCUT2D eigenvalue weighted by Gasteiger charge is 2.31. The minimum atomic E-state index is -0.233. The summed E-state index contributed by atoms with van der Waals surface area (Å²) in [6.07, 6.45) is 6.28. The number of carbonyl (C=O) groups is 1. The number of esters is 1. The van der Waals surface area contributed by atoms with Gasteiger partial charge in [-0.15, -0.1) is 10.2 Å². The molecule has 2 aromatic carbocycles. The van der Waals surface area contributed by atoms with Gasteiger partial charge < -0.3 is 4.74 Å². The van der Waals surface area contributed by atoms with Gasteiger partial charge >= 0.3 is 12.0 Å². The van der Waals surface area contributed by atoms with Gasteiger partial charge in [0.25, 0.3) is 0 Å². The van der Waals surface area contributed by atoms with E-state index in [1.54, 1.807) is 0 Å². The van der Waals surface area contributed by atoms with Crippen molar-refractivity contribution in [2.45, 2.75) is 58.0 Å². The van der Waals surface area contributed by atoms with Crippen LogP contribution < -0.4 is 4.74 Å². The molecule has 0 bridgehead atoms. The average molecular weight is 474 g/mol. The van der Waals surface area contributed by atoms with Crippen molar-refractivity contribution in [3.8, 4) is 28.5 Å². The predicted octanol–water partition coefficient (Wildman–Crippen LogP) is 4.46. The fourth-order valence-electron chi connectivity index (χ4n) is 4.89. The summed E-state index contributed by atoms with van der Waals surface area (Å²) in [6, 6.07) is 14.2. The standard InChI is InChI=1S/C26H31N7O2/c1-3-4-5-8-17-33-21-14-9-13-19(18-11-6-7-12-20(18)24-28-30-31-29-24)23(21)27-26(33)35-25(34)22-15-10-16-32(22)2/h6-7,9,11-14,22H,3-5,8,10,15-17H2,1-2H3,(H,28,29,30,31)/t22-/m0/s1. The Balaban J connectivity index is 1.57. The van der Waals surface area contributed by atoms with Gasteiger partial charge in [0.1, 0.15) is 11.6 Å². The molecule has 35 heavy (non-hydrogen) atoms. The summed E-state index contributed by atoms with van der Waals surface area (Å²) in [5, 5.41) is 14.6. The number of hydrogen-bond acceptors (Lipinski definition) is 7. The minimum absolute atomic E-state index is 0.221. The SMILES string of the molecule is CCCCCCn1c(OC(=O)[C@@H]2CCCN2C)nc2c(-c3ccccc3-c3nn[nH]n3)cccc21. The summed E-state index contributed by atoms with van der Waals surface area (Å²) in [6.45, 7) is 3.85. The molecular weight excluding hydrogens is 442 g/mol. The number of aryl methyl sites for hydroxylation is 1. The topological polar surface area (TPSA) is 102 Å². The Morgan fingerprint density at radius 3 is 2.66 bits per heavy atom. The molecule has 1 aliphatic heterocycles. The summed E-state index contributed by atoms with van der Waals surface area (Å²) in [7, 11) is 1.97. The molecule has 0 aliphatic carbocycles. The van der Waals surface area contributed by atoms with Crippen molar-refractivity contribution in [3.63, 3.8) is 0 Å². The Morgan fingerprint density at radius 1 is 1.09 bits per heavy atom. The zero-order valence-corrected chi connectivity index (χ0v) is 20.3. The number of ether oxygens (including phenoxy) is 1. The van der Waals surface area contributed by atoms with Crippen molar-refractivity contribution in [2.24, 2.45) is 0 Å². The maximum absolute atomic E-state index is 13.1. The Bertz CT molecular complexity index is 1300. The first-order chi connectivity index (χ1) is 17.2. The smallest absolute Gasteiger partial charge is 0.331 e. The highest BCUT2D eigenvalue weighted by molar-refractivity contribution is 5.97. The monoisotopic (exact) mass is 473 g/mol. The zero-order chi connectivity index (χ0) is 24.2. The molecule has 182 valence electrons. The molecule has 9 heteroatoms. The van der Waals surface area contributed by atoms with E-state index in [0.29, 0.717) is 11.8 Å². The van der Waals surface area contributed by atoms with Crippen LogP contribution in [0, 0.1) is 0 Å². The molecule has 0 radical (unpaired) electrons. The lowest BCUT2D eigenvalue weighted by Crippen LogP contribution is -2.36. The van der Waals surface area contributed by atoms with Crippen molar-refractivity contribution in [2.75, 3.05) is 13.6 Å². The molecule has 9 nitrogen and oxygen atoms in total. The Kier molecular flexibility index (Phi) is 6.85. The molecule has 0 spiro atoms. The van der Waals surface area contributed by atoms with Gasteiger partial charge in [-0.05, 0) is 49.7 Å². The second kappa shape index (κ2) is 10.4. The first-order valence-corrected chi connectivity index (χ1v) is 12.4. The second-order valence-corrected chi connectivity index (χ2v) is 9.12. The fraction of sp³-hybridized carbons (Fsp3) is 0.423. The van der Waals surface area contributed by atoms with E-state index in [4.69, 9.17) is 9.72 Å². The van der Waals surface area contributed by atoms with Crippen LogP contribution in [0.3, 0.4) is 0 Å². The van der Waals surface area contributed by atoms with Crippen molar-refractivity contribution >= 4 is 17.0 Å². The summed E-state index contributed by atoms with van der Waals surface area (Å²) in [5.41, 5.74) is 4.48. The molecule has 5 rings (SSSR count). The van der Waals surface area contributed by atoms with Crippen molar-refractivity contribution < 1.29 is 9.53 Å². The molecule has 0 saturated carbocycles. The number of para-hydroxylation sites is 1. The van der Waals surface area contributed by atoms with E-state index in [2.05, 4.69) is 37.0 Å². The van der Waals surface area contributed by atoms with Crippen LogP contribution in [-0.2, 0) is 11.3 Å². The third kappa shape index (κ3) is 4.68. The highest BCUT2D eigenvalue weighted by atomic mass is 16.6. The van der Waals surface area contributed by atoms with Crippen LogP contribution in [0.15, 0.2) is 42.5 Å². The highest BCUT2D eigenvalue weighted by Crippen LogP contribution is 2.36. The van der Waals surface area contributed by atoms with E-state index in [1.165, 1.54) is 6.42 Å². The molecule has 1 fully saturated rings. The quantitative estimate of drug-likeness (QED) is 0.283. The van der Waals surface area contributed by atoms with E-state index >= 15 is 0 Å². The number of unbranched alkanes of at least 4 members (excludes halogenated alkanes) is 3. The van der Waals surface area contributed by atoms with Crippen LogP contribution in [0.2, 0.25) is 0 Å². The molecule has 1 aliphatic rings. The van der Waals surface area contributed by atoms with Crippen molar-refractivity contribution in [1.29, 1.82) is 0 Å². The molecule has 0 amide bonds. The number of imidazole rings is 1. The lowest BCUT2D eigenvalue weighted by molar-refractivity contribution is -0.139. The summed E-state index contributed by atoms with van der Waals surface area (Å²) < 4.78 is 8.02. The largest absolute Gasteiger partial charge is 0.391 e. The molecule has 3 heterocycles. The van der Waals surface area contributed by atoms with Crippen LogP contribution in [-0.4, -0.2) is 60.7 Å². The lowest BCUT2D eigenvalue weighted by atomic mass is 9.98. The molecule has 2 aromatic heterocycles. The number of nitrogens with zero attached hydrogens (tertiary/aromatic N) is 6. The first-order valence-electron chi connectivity index (χ1n) is 12.4. The number of tetrazole rings is 1. The fourth-order valence-corrected chi connectivity index (χ4v) is 4.89. The average Bonchev–Trinajstić information content (AvgIpc) is 3.62. The number of nitrogens with one attached hydrogen (secondary N) is 1. The first kappa shape index (κ1) is 23.2. The van der Waals surface area contributed by atoms with Gasteiger partial charge in [-0.1, -0.05) is 62.6 Å². The second-order valence-electron chi connectivity index (χ2n) is 9.12. The molecule has 4 aromatic rings. The van der Waals surface area contributed by atoms with Gasteiger partial charge in [0.2, 0.25) is 5.82 Å². The predicted molar refractivity (Wildman–Crippen MR) is 134 cm³/mol. The maximum atomic E-state index is 13.1. The number of fused-ring (bicyclic) bond motifs is 1. The Hall–Kier alpha value is -3.59. The minimum Gasteiger partial charge on any atom is -0.391 e. The number of hydrogen-bond donors (Lipinski definition) is 1. The summed E-state index contributed by atoms with van der Waals surface area (Å²) in [4.78, 5) is 20.0. The van der Waals surface area contributed by atoms with E-state index < -0.39 is 0 Å². The van der Waals surface area contributed by atoms with Gasteiger partial charge in [-0.2, -0.15) is 10.2 Å². The molecule has 1 saturated heterocycles.